The first-order valence-electron chi connectivity index (χ1n) is 3.69. The van der Waals surface area contributed by atoms with Crippen LogP contribution in [-0.2, 0) is 0 Å². The van der Waals surface area contributed by atoms with Gasteiger partial charge in [0, 0.05) is 4.47 Å². The Morgan fingerprint density at radius 3 is 2.67 bits per heavy atom. The smallest absolute Gasteiger partial charge is 0.272 e. The molecule has 0 bridgehead atoms. The third kappa shape index (κ3) is 2.63. The molecule has 1 aromatic rings. The van der Waals surface area contributed by atoms with Crippen molar-refractivity contribution in [2.24, 2.45) is 0 Å². The topological polar surface area (TPSA) is 39.2 Å². The third-order valence-corrected chi connectivity index (χ3v) is 2.37. The zero-order valence-corrected chi connectivity index (χ0v) is 9.77. The Hall–Kier alpha value is -0.750. The van der Waals surface area contributed by atoms with E-state index in [9.17, 15) is 13.6 Å². The third-order valence-electron chi connectivity index (χ3n) is 1.58. The second-order valence-corrected chi connectivity index (χ2v) is 3.69. The Bertz CT molecular complexity index is 400. The van der Waals surface area contributed by atoms with Crippen LogP contribution in [0.3, 0.4) is 0 Å². The fourth-order valence-electron chi connectivity index (χ4n) is 0.944. The lowest BCUT2D eigenvalue weighted by molar-refractivity contribution is 0.107. The molecule has 0 atom stereocenters. The summed E-state index contributed by atoms with van der Waals surface area (Å²) in [7, 11) is 1.19. The molecule has 1 aromatic heterocycles. The summed E-state index contributed by atoms with van der Waals surface area (Å²) in [5, 5.41) is -0.846. The molecule has 1 rings (SSSR count). The van der Waals surface area contributed by atoms with Gasteiger partial charge in [0.2, 0.25) is 5.88 Å². The minimum Gasteiger partial charge on any atom is -0.481 e. The van der Waals surface area contributed by atoms with Crippen molar-refractivity contribution in [1.82, 2.24) is 4.98 Å². The van der Waals surface area contributed by atoms with Gasteiger partial charge in [-0.2, -0.15) is 0 Å². The highest BCUT2D eigenvalue weighted by atomic mass is 79.9. The standard InChI is InChI=1S/C8H5BrClF2NO2/c1-15-8-3(7(11)12)2-4(9)5(13-8)6(10)14/h2,7H,1H3. The summed E-state index contributed by atoms with van der Waals surface area (Å²) in [6, 6.07) is 1.06. The molecule has 0 aliphatic heterocycles. The number of nitrogens with zero attached hydrogens (tertiary/aromatic N) is 1. The van der Waals surface area contributed by atoms with Crippen molar-refractivity contribution in [3.63, 3.8) is 0 Å². The lowest BCUT2D eigenvalue weighted by atomic mass is 10.2. The highest BCUT2D eigenvalue weighted by molar-refractivity contribution is 9.10. The first kappa shape index (κ1) is 12.3. The number of rotatable bonds is 3. The minimum atomic E-state index is -2.73. The number of hydrogen-bond donors (Lipinski definition) is 0. The predicted octanol–water partition coefficient (Wildman–Crippen LogP) is 3.17. The molecular formula is C8H5BrClF2NO2. The highest BCUT2D eigenvalue weighted by Crippen LogP contribution is 2.31. The number of carbonyl (C=O) groups excluding carboxylic acids is 1. The molecular weight excluding hydrogens is 295 g/mol. The van der Waals surface area contributed by atoms with Gasteiger partial charge in [-0.1, -0.05) is 0 Å². The Kier molecular flexibility index (Phi) is 3.98. The number of methoxy groups -OCH3 is 1. The van der Waals surface area contributed by atoms with Gasteiger partial charge in [-0.05, 0) is 33.6 Å². The Labute approximate surface area is 97.5 Å². The summed E-state index contributed by atoms with van der Waals surface area (Å²) in [5.41, 5.74) is -0.552. The second kappa shape index (κ2) is 4.85. The molecule has 0 aliphatic rings. The van der Waals surface area contributed by atoms with E-state index in [0.717, 1.165) is 6.07 Å². The van der Waals surface area contributed by atoms with Crippen LogP contribution in [0.25, 0.3) is 0 Å². The molecule has 0 spiro atoms. The number of carbonyl (C=O) groups is 1. The number of pyridine rings is 1. The fraction of sp³-hybridized carbons (Fsp3) is 0.250. The average Bonchev–Trinajstić information content (AvgIpc) is 2.16. The summed E-state index contributed by atoms with van der Waals surface area (Å²) in [5.74, 6) is -0.308. The average molecular weight is 300 g/mol. The molecule has 0 unspecified atom stereocenters. The zero-order chi connectivity index (χ0) is 11.6. The van der Waals surface area contributed by atoms with E-state index in [-0.39, 0.29) is 16.0 Å². The molecule has 82 valence electrons. The van der Waals surface area contributed by atoms with E-state index in [1.807, 2.05) is 0 Å². The van der Waals surface area contributed by atoms with E-state index in [4.69, 9.17) is 11.6 Å². The Morgan fingerprint density at radius 2 is 2.27 bits per heavy atom. The second-order valence-electron chi connectivity index (χ2n) is 2.49. The van der Waals surface area contributed by atoms with Crippen molar-refractivity contribution in [3.05, 3.63) is 21.8 Å². The highest BCUT2D eigenvalue weighted by Gasteiger charge is 2.20. The normalized spacial score (nSPS) is 10.5. The summed E-state index contributed by atoms with van der Waals surface area (Å²) in [6.45, 7) is 0. The number of alkyl halides is 2. The van der Waals surface area contributed by atoms with Crippen molar-refractivity contribution >= 4 is 32.8 Å². The van der Waals surface area contributed by atoms with Crippen molar-refractivity contribution < 1.29 is 18.3 Å². The summed E-state index contributed by atoms with van der Waals surface area (Å²) >= 11 is 8.12. The van der Waals surface area contributed by atoms with Gasteiger partial charge in [-0.15, -0.1) is 0 Å². The first-order chi connectivity index (χ1) is 6.97. The van der Waals surface area contributed by atoms with Crippen molar-refractivity contribution in [1.29, 1.82) is 0 Å². The quantitative estimate of drug-likeness (QED) is 0.805. The van der Waals surface area contributed by atoms with Crippen molar-refractivity contribution in [2.75, 3.05) is 7.11 Å². The van der Waals surface area contributed by atoms with Gasteiger partial charge < -0.3 is 4.74 Å². The minimum absolute atomic E-state index is 0.110. The fourth-order valence-corrected chi connectivity index (χ4v) is 1.72. The lowest BCUT2D eigenvalue weighted by Gasteiger charge is -2.08. The van der Waals surface area contributed by atoms with E-state index in [1.54, 1.807) is 0 Å². The molecule has 0 amide bonds. The molecule has 0 radical (unpaired) electrons. The van der Waals surface area contributed by atoms with Crippen molar-refractivity contribution in [2.45, 2.75) is 6.43 Å². The van der Waals surface area contributed by atoms with E-state index < -0.39 is 17.2 Å². The predicted molar refractivity (Wildman–Crippen MR) is 53.6 cm³/mol. The maximum atomic E-state index is 12.5. The van der Waals surface area contributed by atoms with Crippen LogP contribution in [0, 0.1) is 0 Å². The number of ether oxygens (including phenoxy) is 1. The lowest BCUT2D eigenvalue weighted by Crippen LogP contribution is -2.02. The van der Waals surface area contributed by atoms with Crippen LogP contribution >= 0.6 is 27.5 Å². The SMILES string of the molecule is COc1nc(C(=O)Cl)c(Br)cc1C(F)F. The van der Waals surface area contributed by atoms with Crippen LogP contribution < -0.4 is 4.74 Å². The van der Waals surface area contributed by atoms with Gasteiger partial charge in [-0.3, -0.25) is 4.79 Å². The molecule has 15 heavy (non-hydrogen) atoms. The maximum absolute atomic E-state index is 12.5. The molecule has 0 saturated heterocycles. The number of aromatic nitrogens is 1. The van der Waals surface area contributed by atoms with Gasteiger partial charge in [0.15, 0.2) is 0 Å². The molecule has 1 heterocycles. The number of halogens is 4. The largest absolute Gasteiger partial charge is 0.481 e. The molecule has 3 nitrogen and oxygen atoms in total. The molecule has 0 aromatic carbocycles. The van der Waals surface area contributed by atoms with Crippen LogP contribution in [0.15, 0.2) is 10.5 Å². The van der Waals surface area contributed by atoms with Crippen LogP contribution in [0.4, 0.5) is 8.78 Å². The Balaban J connectivity index is 3.35. The van der Waals surface area contributed by atoms with E-state index >= 15 is 0 Å². The maximum Gasteiger partial charge on any atom is 0.272 e. The monoisotopic (exact) mass is 299 g/mol. The molecule has 0 saturated carbocycles. The van der Waals surface area contributed by atoms with Gasteiger partial charge >= 0.3 is 0 Å². The van der Waals surface area contributed by atoms with Crippen LogP contribution in [0.5, 0.6) is 5.88 Å². The molecule has 0 fully saturated rings. The summed E-state index contributed by atoms with van der Waals surface area (Å²) in [4.78, 5) is 14.4. The zero-order valence-electron chi connectivity index (χ0n) is 7.43. The summed E-state index contributed by atoms with van der Waals surface area (Å²) < 4.78 is 29.7. The van der Waals surface area contributed by atoms with Crippen LogP contribution in [0.1, 0.15) is 22.5 Å². The molecule has 7 heteroatoms. The molecule has 0 N–H and O–H groups in total. The van der Waals surface area contributed by atoms with Crippen molar-refractivity contribution in [3.8, 4) is 5.88 Å². The summed E-state index contributed by atoms with van der Waals surface area (Å²) in [6.07, 6.45) is -2.73. The van der Waals surface area contributed by atoms with Crippen LogP contribution in [0.2, 0.25) is 0 Å². The van der Waals surface area contributed by atoms with Gasteiger partial charge in [0.1, 0.15) is 5.69 Å². The molecule has 0 aliphatic carbocycles. The van der Waals surface area contributed by atoms with E-state index in [0.29, 0.717) is 0 Å². The van der Waals surface area contributed by atoms with Gasteiger partial charge in [0.05, 0.1) is 12.7 Å². The van der Waals surface area contributed by atoms with Crippen LogP contribution in [-0.4, -0.2) is 17.3 Å². The first-order valence-corrected chi connectivity index (χ1v) is 4.87. The van der Waals surface area contributed by atoms with Gasteiger partial charge in [-0.25, -0.2) is 13.8 Å². The number of hydrogen-bond acceptors (Lipinski definition) is 3. The Morgan fingerprint density at radius 1 is 1.67 bits per heavy atom. The van der Waals surface area contributed by atoms with E-state index in [1.165, 1.54) is 7.11 Å². The van der Waals surface area contributed by atoms with Gasteiger partial charge in [0.25, 0.3) is 11.7 Å². The van der Waals surface area contributed by atoms with E-state index in [2.05, 4.69) is 25.7 Å².